The second kappa shape index (κ2) is 6.74. The predicted octanol–water partition coefficient (Wildman–Crippen LogP) is 1.68. The van der Waals surface area contributed by atoms with E-state index < -0.39 is 5.97 Å². The fourth-order valence-electron chi connectivity index (χ4n) is 1.70. The Labute approximate surface area is 110 Å². The smallest absolute Gasteiger partial charge is 0.304 e. The third-order valence-electron chi connectivity index (χ3n) is 2.32. The molecule has 0 aliphatic heterocycles. The molecule has 17 heavy (non-hydrogen) atoms. The van der Waals surface area contributed by atoms with Gasteiger partial charge >= 0.3 is 5.97 Å². The van der Waals surface area contributed by atoms with E-state index in [1.54, 1.807) is 0 Å². The average molecular weight is 301 g/mol. The lowest BCUT2D eigenvalue weighted by molar-refractivity contribution is -0.137. The van der Waals surface area contributed by atoms with Gasteiger partial charge in [-0.15, -0.1) is 0 Å². The maximum Gasteiger partial charge on any atom is 0.304 e. The van der Waals surface area contributed by atoms with E-state index in [9.17, 15) is 4.79 Å². The number of likely N-dealkylation sites (N-methyl/N-ethyl adjacent to an activating group) is 1. The number of hydrogen-bond donors (Lipinski definition) is 2. The summed E-state index contributed by atoms with van der Waals surface area (Å²) < 4.78 is 1.04. The van der Waals surface area contributed by atoms with Gasteiger partial charge in [-0.2, -0.15) is 0 Å². The summed E-state index contributed by atoms with van der Waals surface area (Å²) in [6.07, 6.45) is 0.00280. The standard InChI is InChI=1S/C12H17BrN2O2/c1-15(8-11(14)6-12(16)17)7-9-3-2-4-10(13)5-9/h2-5,11H,6-8,14H2,1H3,(H,16,17). The summed E-state index contributed by atoms with van der Waals surface area (Å²) in [6, 6.07) is 7.69. The Bertz CT molecular complexity index is 385. The van der Waals surface area contributed by atoms with Crippen molar-refractivity contribution in [3.8, 4) is 0 Å². The summed E-state index contributed by atoms with van der Waals surface area (Å²) in [7, 11) is 1.93. The molecule has 0 radical (unpaired) electrons. The summed E-state index contributed by atoms with van der Waals surface area (Å²) in [6.45, 7) is 1.32. The van der Waals surface area contributed by atoms with Crippen molar-refractivity contribution < 1.29 is 9.90 Å². The van der Waals surface area contributed by atoms with Gasteiger partial charge in [-0.3, -0.25) is 4.79 Å². The number of carboxylic acids is 1. The number of hydrogen-bond acceptors (Lipinski definition) is 3. The highest BCUT2D eigenvalue weighted by Crippen LogP contribution is 2.13. The van der Waals surface area contributed by atoms with Gasteiger partial charge in [-0.1, -0.05) is 28.1 Å². The number of halogens is 1. The van der Waals surface area contributed by atoms with Crippen molar-refractivity contribution in [3.05, 3.63) is 34.3 Å². The van der Waals surface area contributed by atoms with Crippen LogP contribution in [0, 0.1) is 0 Å². The van der Waals surface area contributed by atoms with E-state index in [1.807, 2.05) is 36.2 Å². The van der Waals surface area contributed by atoms with Crippen LogP contribution in [0.1, 0.15) is 12.0 Å². The van der Waals surface area contributed by atoms with E-state index in [1.165, 1.54) is 5.56 Å². The highest BCUT2D eigenvalue weighted by molar-refractivity contribution is 9.10. The molecule has 5 heteroatoms. The van der Waals surface area contributed by atoms with Gasteiger partial charge in [0.15, 0.2) is 0 Å². The van der Waals surface area contributed by atoms with Crippen LogP contribution in [0.4, 0.5) is 0 Å². The summed E-state index contributed by atoms with van der Waals surface area (Å²) in [5.74, 6) is -0.853. The SMILES string of the molecule is CN(Cc1cccc(Br)c1)CC(N)CC(=O)O. The van der Waals surface area contributed by atoms with Crippen molar-refractivity contribution in [2.45, 2.75) is 19.0 Å². The van der Waals surface area contributed by atoms with E-state index in [0.29, 0.717) is 6.54 Å². The molecule has 0 aromatic heterocycles. The molecule has 0 aliphatic rings. The monoisotopic (exact) mass is 300 g/mol. The van der Waals surface area contributed by atoms with E-state index in [2.05, 4.69) is 15.9 Å². The number of nitrogens with two attached hydrogens (primary N) is 1. The Hall–Kier alpha value is -0.910. The van der Waals surface area contributed by atoms with E-state index in [4.69, 9.17) is 10.8 Å². The Morgan fingerprint density at radius 3 is 2.88 bits per heavy atom. The minimum Gasteiger partial charge on any atom is -0.481 e. The molecule has 1 rings (SSSR count). The zero-order chi connectivity index (χ0) is 12.8. The molecule has 3 N–H and O–H groups in total. The molecule has 0 amide bonds. The van der Waals surface area contributed by atoms with Crippen LogP contribution in [-0.2, 0) is 11.3 Å². The molecule has 0 fully saturated rings. The molecule has 1 unspecified atom stereocenters. The van der Waals surface area contributed by atoms with E-state index >= 15 is 0 Å². The first-order valence-electron chi connectivity index (χ1n) is 5.37. The fourth-order valence-corrected chi connectivity index (χ4v) is 2.15. The van der Waals surface area contributed by atoms with Gasteiger partial charge in [0.05, 0.1) is 6.42 Å². The number of nitrogens with zero attached hydrogens (tertiary/aromatic N) is 1. The zero-order valence-electron chi connectivity index (χ0n) is 9.77. The quantitative estimate of drug-likeness (QED) is 0.839. The number of rotatable bonds is 6. The molecule has 1 aromatic rings. The van der Waals surface area contributed by atoms with Crippen LogP contribution >= 0.6 is 15.9 Å². The third-order valence-corrected chi connectivity index (χ3v) is 2.82. The van der Waals surface area contributed by atoms with Gasteiger partial charge in [-0.05, 0) is 24.7 Å². The first kappa shape index (κ1) is 14.2. The first-order chi connectivity index (χ1) is 7.97. The number of benzene rings is 1. The maximum atomic E-state index is 10.5. The van der Waals surface area contributed by atoms with Gasteiger partial charge in [0, 0.05) is 23.6 Å². The summed E-state index contributed by atoms with van der Waals surface area (Å²) in [5, 5.41) is 8.62. The highest BCUT2D eigenvalue weighted by Gasteiger charge is 2.11. The highest BCUT2D eigenvalue weighted by atomic mass is 79.9. The lowest BCUT2D eigenvalue weighted by Crippen LogP contribution is -2.36. The normalized spacial score (nSPS) is 12.7. The molecule has 0 saturated carbocycles. The molecule has 1 aromatic carbocycles. The second-order valence-corrected chi connectivity index (χ2v) is 5.10. The Kier molecular flexibility index (Phi) is 5.61. The van der Waals surface area contributed by atoms with Crippen LogP contribution in [0.3, 0.4) is 0 Å². The lowest BCUT2D eigenvalue weighted by Gasteiger charge is -2.20. The van der Waals surface area contributed by atoms with E-state index in [-0.39, 0.29) is 12.5 Å². The number of aliphatic carboxylic acids is 1. The zero-order valence-corrected chi connectivity index (χ0v) is 11.4. The molecule has 0 bridgehead atoms. The van der Waals surface area contributed by atoms with Gasteiger partial charge in [0.2, 0.25) is 0 Å². The Morgan fingerprint density at radius 2 is 2.29 bits per heavy atom. The van der Waals surface area contributed by atoms with Crippen LogP contribution in [0.5, 0.6) is 0 Å². The molecule has 1 atom stereocenters. The van der Waals surface area contributed by atoms with Crippen LogP contribution in [0.2, 0.25) is 0 Å². The minimum absolute atomic E-state index is 0.00280. The third kappa shape index (κ3) is 5.81. The van der Waals surface area contributed by atoms with Crippen LogP contribution < -0.4 is 5.73 Å². The topological polar surface area (TPSA) is 66.6 Å². The Balaban J connectivity index is 2.44. The summed E-state index contributed by atoms with van der Waals surface area (Å²) >= 11 is 3.41. The number of carbonyl (C=O) groups is 1. The van der Waals surface area contributed by atoms with E-state index in [0.717, 1.165) is 11.0 Å². The largest absolute Gasteiger partial charge is 0.481 e. The van der Waals surface area contributed by atoms with Crippen LogP contribution in [0.15, 0.2) is 28.7 Å². The van der Waals surface area contributed by atoms with Gasteiger partial charge in [-0.25, -0.2) is 0 Å². The summed E-state index contributed by atoms with van der Waals surface area (Å²) in [4.78, 5) is 12.5. The summed E-state index contributed by atoms with van der Waals surface area (Å²) in [5.41, 5.74) is 6.90. The molecule has 4 nitrogen and oxygen atoms in total. The van der Waals surface area contributed by atoms with Crippen molar-refractivity contribution in [2.75, 3.05) is 13.6 Å². The predicted molar refractivity (Wildman–Crippen MR) is 70.7 cm³/mol. The second-order valence-electron chi connectivity index (χ2n) is 4.18. The molecule has 0 saturated heterocycles. The fraction of sp³-hybridized carbons (Fsp3) is 0.417. The molecular formula is C12H17BrN2O2. The minimum atomic E-state index is -0.853. The van der Waals surface area contributed by atoms with Crippen molar-refractivity contribution in [2.24, 2.45) is 5.73 Å². The van der Waals surface area contributed by atoms with Crippen molar-refractivity contribution in [1.82, 2.24) is 4.90 Å². The van der Waals surface area contributed by atoms with Crippen LogP contribution in [0.25, 0.3) is 0 Å². The van der Waals surface area contributed by atoms with Crippen molar-refractivity contribution >= 4 is 21.9 Å². The molecule has 0 spiro atoms. The average Bonchev–Trinajstić information content (AvgIpc) is 2.14. The van der Waals surface area contributed by atoms with Crippen molar-refractivity contribution in [3.63, 3.8) is 0 Å². The number of carboxylic acid groups (broad SMARTS) is 1. The molecular weight excluding hydrogens is 284 g/mol. The van der Waals surface area contributed by atoms with Gasteiger partial charge in [0.1, 0.15) is 0 Å². The lowest BCUT2D eigenvalue weighted by atomic mass is 10.2. The van der Waals surface area contributed by atoms with Gasteiger partial charge in [0.25, 0.3) is 0 Å². The molecule has 0 aliphatic carbocycles. The van der Waals surface area contributed by atoms with Crippen LogP contribution in [-0.4, -0.2) is 35.6 Å². The first-order valence-corrected chi connectivity index (χ1v) is 6.17. The maximum absolute atomic E-state index is 10.5. The molecule has 0 heterocycles. The Morgan fingerprint density at radius 1 is 1.59 bits per heavy atom. The molecule has 94 valence electrons. The van der Waals surface area contributed by atoms with Crippen molar-refractivity contribution in [1.29, 1.82) is 0 Å². The van der Waals surface area contributed by atoms with Gasteiger partial charge < -0.3 is 15.7 Å².